The molecule has 0 aliphatic heterocycles. The molecule has 0 saturated heterocycles. The van der Waals surface area contributed by atoms with Crippen molar-refractivity contribution in [1.82, 2.24) is 4.98 Å². The first-order valence-electron chi connectivity index (χ1n) is 8.77. The highest BCUT2D eigenvalue weighted by Crippen LogP contribution is 2.38. The van der Waals surface area contributed by atoms with Crippen LogP contribution in [0.25, 0.3) is 22.0 Å². The summed E-state index contributed by atoms with van der Waals surface area (Å²) >= 11 is 0. The molecule has 3 rings (SSSR count). The number of hydrogen-bond donors (Lipinski definition) is 1. The van der Waals surface area contributed by atoms with Crippen LogP contribution in [0.4, 0.5) is 0 Å². The lowest BCUT2D eigenvalue weighted by Crippen LogP contribution is -2.33. The summed E-state index contributed by atoms with van der Waals surface area (Å²) in [5, 5.41) is 1.10. The third kappa shape index (κ3) is 3.28. The van der Waals surface area contributed by atoms with Gasteiger partial charge in [0.05, 0.1) is 5.52 Å². The molecule has 0 bridgehead atoms. The Bertz CT molecular complexity index is 975. The van der Waals surface area contributed by atoms with Crippen LogP contribution in [0.5, 0.6) is 0 Å². The molecule has 0 radical (unpaired) electrons. The molecular weight excluding hydrogens is 325 g/mol. The highest BCUT2D eigenvalue weighted by Gasteiger charge is 2.30. The molecule has 0 unspecified atom stereocenters. The van der Waals surface area contributed by atoms with E-state index in [0.29, 0.717) is 0 Å². The molecule has 0 atom stereocenters. The first-order valence-corrected chi connectivity index (χ1v) is 11.4. The van der Waals surface area contributed by atoms with Gasteiger partial charge in [-0.25, -0.2) is 0 Å². The summed E-state index contributed by atoms with van der Waals surface area (Å²) in [5.74, 6) is 0. The zero-order valence-corrected chi connectivity index (χ0v) is 16.6. The van der Waals surface area contributed by atoms with Crippen molar-refractivity contribution in [2.75, 3.05) is 12.5 Å². The highest BCUT2D eigenvalue weighted by molar-refractivity contribution is 8.02. The van der Waals surface area contributed by atoms with Crippen LogP contribution in [0.1, 0.15) is 25.0 Å². The van der Waals surface area contributed by atoms with Gasteiger partial charge in [-0.05, 0) is 55.7 Å². The summed E-state index contributed by atoms with van der Waals surface area (Å²) in [7, 11) is -0.150. The van der Waals surface area contributed by atoms with Gasteiger partial charge in [0.2, 0.25) is 0 Å². The molecule has 3 aromatic rings. The fraction of sp³-hybridized carbons (Fsp3) is 0.286. The Morgan fingerprint density at radius 3 is 2.52 bits per heavy atom. The van der Waals surface area contributed by atoms with Crippen molar-refractivity contribution in [3.05, 3.63) is 65.9 Å². The monoisotopic (exact) mass is 351 g/mol. The maximum atomic E-state index is 12.9. The number of rotatable bonds is 4. The largest absolute Gasteiger partial charge is 0.284 e. The topological polar surface area (TPSA) is 30.0 Å². The second-order valence-corrected chi connectivity index (χ2v) is 11.4. The Hall–Kier alpha value is -1.94. The number of aromatic nitrogens is 1. The van der Waals surface area contributed by atoms with Crippen LogP contribution in [-0.2, 0) is 21.0 Å². The Labute approximate surface area is 152 Å². The lowest BCUT2D eigenvalue weighted by molar-refractivity contribution is 0.636. The third-order valence-electron chi connectivity index (χ3n) is 5.40. The molecule has 1 heterocycles. The zero-order chi connectivity index (χ0) is 18.2. The summed E-state index contributed by atoms with van der Waals surface area (Å²) in [6.07, 6.45) is 6.59. The molecule has 4 heteroatoms. The van der Waals surface area contributed by atoms with Crippen molar-refractivity contribution in [2.45, 2.75) is 24.9 Å². The summed E-state index contributed by atoms with van der Waals surface area (Å²) < 4.78 is 12.5. The number of thiol groups is 1. The fourth-order valence-corrected chi connectivity index (χ4v) is 3.79. The average molecular weight is 351 g/mol. The molecule has 0 spiro atoms. The summed E-state index contributed by atoms with van der Waals surface area (Å²) in [6, 6.07) is 17.0. The first kappa shape index (κ1) is 17.9. The van der Waals surface area contributed by atoms with E-state index in [-0.39, 0.29) is 4.75 Å². The van der Waals surface area contributed by atoms with Gasteiger partial charge >= 0.3 is 0 Å². The molecule has 0 saturated carbocycles. The standard InChI is InChI=1S/C21H26BNOS/c1-21(2,25(3,4)24)18-12-17-9-6-10-23-20(17)19(13-18)16-8-5-7-15(11-16)14-22/h5-13,25H,14,22H2,1-4H3. The minimum atomic E-state index is -2.32. The van der Waals surface area contributed by atoms with Crippen molar-refractivity contribution >= 4 is 28.7 Å². The predicted octanol–water partition coefficient (Wildman–Crippen LogP) is 3.55. The molecule has 25 heavy (non-hydrogen) atoms. The van der Waals surface area contributed by atoms with Crippen molar-refractivity contribution in [1.29, 1.82) is 0 Å². The lowest BCUT2D eigenvalue weighted by atomic mass is 9.91. The average Bonchev–Trinajstić information content (AvgIpc) is 2.59. The van der Waals surface area contributed by atoms with Crippen LogP contribution in [0, 0.1) is 0 Å². The predicted molar refractivity (Wildman–Crippen MR) is 114 cm³/mol. The van der Waals surface area contributed by atoms with E-state index in [1.807, 2.05) is 24.8 Å². The van der Waals surface area contributed by atoms with Gasteiger partial charge in [-0.15, -0.1) is 9.93 Å². The van der Waals surface area contributed by atoms with Crippen LogP contribution in [-0.4, -0.2) is 29.6 Å². The summed E-state index contributed by atoms with van der Waals surface area (Å²) in [4.78, 5) is 4.63. The minimum Gasteiger partial charge on any atom is -0.284 e. The molecule has 130 valence electrons. The number of hydrogen-bond acceptors (Lipinski definition) is 2. The van der Waals surface area contributed by atoms with E-state index in [0.717, 1.165) is 28.4 Å². The van der Waals surface area contributed by atoms with Crippen LogP contribution in [0.2, 0.25) is 0 Å². The molecule has 2 aromatic carbocycles. The molecule has 2 nitrogen and oxygen atoms in total. The van der Waals surface area contributed by atoms with Crippen molar-refractivity contribution in [3.8, 4) is 11.1 Å². The Kier molecular flexibility index (Phi) is 4.59. The minimum absolute atomic E-state index is 0.381. The zero-order valence-electron chi connectivity index (χ0n) is 15.7. The molecule has 0 fully saturated rings. The van der Waals surface area contributed by atoms with Gasteiger partial charge in [-0.3, -0.25) is 9.19 Å². The van der Waals surface area contributed by atoms with Gasteiger partial charge < -0.3 is 0 Å². The third-order valence-corrected chi connectivity index (χ3v) is 8.35. The number of benzene rings is 2. The molecule has 0 amide bonds. The quantitative estimate of drug-likeness (QED) is 0.576. The molecule has 0 aliphatic carbocycles. The number of pyridine rings is 1. The van der Waals surface area contributed by atoms with Gasteiger partial charge in [0, 0.05) is 21.9 Å². The van der Waals surface area contributed by atoms with Crippen LogP contribution >= 0.6 is 0 Å². The van der Waals surface area contributed by atoms with Crippen LogP contribution in [0.3, 0.4) is 0 Å². The van der Waals surface area contributed by atoms with E-state index in [4.69, 9.17) is 0 Å². The Morgan fingerprint density at radius 1 is 1.08 bits per heavy atom. The number of fused-ring (bicyclic) bond motifs is 1. The number of nitrogens with zero attached hydrogens (tertiary/aromatic N) is 1. The molecular formula is C21H26BNOS. The van der Waals surface area contributed by atoms with E-state index >= 15 is 0 Å². The van der Waals surface area contributed by atoms with E-state index in [2.05, 4.69) is 69.1 Å². The van der Waals surface area contributed by atoms with Gasteiger partial charge in [0.1, 0.15) is 7.85 Å². The van der Waals surface area contributed by atoms with E-state index in [1.54, 1.807) is 0 Å². The van der Waals surface area contributed by atoms with Crippen molar-refractivity contribution in [2.24, 2.45) is 0 Å². The van der Waals surface area contributed by atoms with Crippen LogP contribution < -0.4 is 0 Å². The molecule has 1 aromatic heterocycles. The van der Waals surface area contributed by atoms with Crippen LogP contribution in [0.15, 0.2) is 54.7 Å². The summed E-state index contributed by atoms with van der Waals surface area (Å²) in [6.45, 7) is 4.16. The Balaban J connectivity index is 2.32. The highest BCUT2D eigenvalue weighted by atomic mass is 32.2. The van der Waals surface area contributed by atoms with Crippen molar-refractivity contribution in [3.63, 3.8) is 0 Å². The van der Waals surface area contributed by atoms with Gasteiger partial charge in [-0.2, -0.15) is 0 Å². The second-order valence-electron chi connectivity index (χ2n) is 7.56. The van der Waals surface area contributed by atoms with E-state index < -0.39 is 9.93 Å². The normalized spacial score (nSPS) is 13.1. The maximum Gasteiger partial charge on any atom is 0.107 e. The lowest BCUT2D eigenvalue weighted by Gasteiger charge is -2.34. The summed E-state index contributed by atoms with van der Waals surface area (Å²) in [5.41, 5.74) is 5.70. The smallest absolute Gasteiger partial charge is 0.107 e. The molecule has 0 N–H and O–H groups in total. The van der Waals surface area contributed by atoms with E-state index in [9.17, 15) is 4.21 Å². The van der Waals surface area contributed by atoms with Gasteiger partial charge in [-0.1, -0.05) is 42.2 Å². The SMILES string of the molecule is BCc1cccc(-c2cc(C(C)(C)[SH](C)(C)=O)cc3cccnc23)c1. The molecule has 0 aliphatic rings. The van der Waals surface area contributed by atoms with Gasteiger partial charge in [0.15, 0.2) is 0 Å². The second kappa shape index (κ2) is 6.42. The van der Waals surface area contributed by atoms with Gasteiger partial charge in [0.25, 0.3) is 0 Å². The first-order chi connectivity index (χ1) is 11.7. The Morgan fingerprint density at radius 2 is 1.84 bits per heavy atom. The van der Waals surface area contributed by atoms with Crippen molar-refractivity contribution < 1.29 is 4.21 Å². The fourth-order valence-electron chi connectivity index (χ4n) is 3.04. The maximum absolute atomic E-state index is 12.9. The van der Waals surface area contributed by atoms with E-state index in [1.165, 1.54) is 11.1 Å².